The lowest BCUT2D eigenvalue weighted by Crippen LogP contribution is -2.68. The third kappa shape index (κ3) is 5.64. The Bertz CT molecular complexity index is 1210. The number of likely N-dealkylation sites (N-methyl/N-ethyl adjacent to an activating group) is 1. The SMILES string of the molecule is CO[C@]12CC[C@H](N(C)C(=O)/C=C/c3cc(Br)cs3)C[C@]1(c1cccc(OC(C)=O)c1)CCN(CC1CC1)C2. The number of amides is 1. The average Bonchev–Trinajstić information content (AvgIpc) is 3.63. The molecule has 38 heavy (non-hydrogen) atoms. The van der Waals surface area contributed by atoms with E-state index in [4.69, 9.17) is 9.47 Å². The highest BCUT2D eigenvalue weighted by Crippen LogP contribution is 2.54. The van der Waals surface area contributed by atoms with E-state index in [1.807, 2.05) is 54.8 Å². The van der Waals surface area contributed by atoms with Crippen LogP contribution in [0.15, 0.2) is 46.3 Å². The van der Waals surface area contributed by atoms with Gasteiger partial charge in [0.2, 0.25) is 5.91 Å². The highest BCUT2D eigenvalue weighted by atomic mass is 79.9. The summed E-state index contributed by atoms with van der Waals surface area (Å²) in [6.45, 7) is 4.45. The van der Waals surface area contributed by atoms with Crippen LogP contribution in [0.4, 0.5) is 0 Å². The molecular weight excluding hydrogens is 564 g/mol. The predicted octanol–water partition coefficient (Wildman–Crippen LogP) is 5.90. The topological polar surface area (TPSA) is 59.1 Å². The van der Waals surface area contributed by atoms with Crippen LogP contribution in [0.1, 0.15) is 55.9 Å². The van der Waals surface area contributed by atoms with Crippen molar-refractivity contribution in [3.05, 3.63) is 56.7 Å². The van der Waals surface area contributed by atoms with Crippen molar-refractivity contribution in [2.45, 2.75) is 62.5 Å². The van der Waals surface area contributed by atoms with Gasteiger partial charge in [-0.05, 0) is 96.8 Å². The molecule has 2 saturated carbocycles. The zero-order valence-electron chi connectivity index (χ0n) is 22.5. The molecule has 1 aromatic carbocycles. The first-order valence-electron chi connectivity index (χ1n) is 13.5. The summed E-state index contributed by atoms with van der Waals surface area (Å²) in [5.74, 6) is 1.07. The number of carbonyl (C=O) groups excluding carboxylic acids is 2. The fourth-order valence-electron chi connectivity index (χ4n) is 6.61. The Balaban J connectivity index is 1.44. The van der Waals surface area contributed by atoms with Crippen LogP contribution in [0.3, 0.4) is 0 Å². The number of carbonyl (C=O) groups is 2. The minimum absolute atomic E-state index is 0.0134. The molecule has 0 unspecified atom stereocenters. The van der Waals surface area contributed by atoms with Crippen molar-refractivity contribution in [3.8, 4) is 5.75 Å². The maximum atomic E-state index is 13.3. The van der Waals surface area contributed by atoms with Gasteiger partial charge >= 0.3 is 5.97 Å². The van der Waals surface area contributed by atoms with Crippen LogP contribution in [-0.4, -0.2) is 67.1 Å². The van der Waals surface area contributed by atoms with E-state index in [0.717, 1.165) is 66.1 Å². The lowest BCUT2D eigenvalue weighted by molar-refractivity contribution is -0.159. The van der Waals surface area contributed by atoms with Gasteiger partial charge in [-0.2, -0.15) is 0 Å². The normalized spacial score (nSPS) is 27.7. The molecule has 6 nitrogen and oxygen atoms in total. The van der Waals surface area contributed by atoms with Crippen molar-refractivity contribution in [2.75, 3.05) is 33.8 Å². The lowest BCUT2D eigenvalue weighted by Gasteiger charge is -2.60. The van der Waals surface area contributed by atoms with E-state index >= 15 is 0 Å². The molecular formula is C30H37BrN2O4S. The molecule has 8 heteroatoms. The van der Waals surface area contributed by atoms with E-state index in [0.29, 0.717) is 5.75 Å². The van der Waals surface area contributed by atoms with Crippen molar-refractivity contribution >= 4 is 45.2 Å². The summed E-state index contributed by atoms with van der Waals surface area (Å²) in [6, 6.07) is 10.1. The zero-order chi connectivity index (χ0) is 26.9. The van der Waals surface area contributed by atoms with Crippen molar-refractivity contribution < 1.29 is 19.1 Å². The number of ether oxygens (including phenoxy) is 2. The van der Waals surface area contributed by atoms with Crippen LogP contribution < -0.4 is 4.74 Å². The van der Waals surface area contributed by atoms with Gasteiger partial charge in [0.15, 0.2) is 0 Å². The monoisotopic (exact) mass is 600 g/mol. The summed E-state index contributed by atoms with van der Waals surface area (Å²) in [5, 5.41) is 2.02. The van der Waals surface area contributed by atoms with Gasteiger partial charge in [0.25, 0.3) is 0 Å². The third-order valence-corrected chi connectivity index (χ3v) is 10.5. The van der Waals surface area contributed by atoms with Crippen LogP contribution in [0.2, 0.25) is 0 Å². The van der Waals surface area contributed by atoms with Gasteiger partial charge in [0.05, 0.1) is 5.60 Å². The number of fused-ring (bicyclic) bond motifs is 1. The van der Waals surface area contributed by atoms with Crippen molar-refractivity contribution in [1.82, 2.24) is 9.80 Å². The van der Waals surface area contributed by atoms with E-state index in [-0.39, 0.29) is 28.9 Å². The fraction of sp³-hybridized carbons (Fsp3) is 0.533. The highest BCUT2D eigenvalue weighted by Gasteiger charge is 2.59. The van der Waals surface area contributed by atoms with Gasteiger partial charge in [0.1, 0.15) is 5.75 Å². The second kappa shape index (κ2) is 11.2. The Morgan fingerprint density at radius 1 is 1.24 bits per heavy atom. The van der Waals surface area contributed by atoms with Crippen molar-refractivity contribution in [1.29, 1.82) is 0 Å². The Morgan fingerprint density at radius 2 is 2.05 bits per heavy atom. The van der Waals surface area contributed by atoms with Gasteiger partial charge in [-0.25, -0.2) is 0 Å². The summed E-state index contributed by atoms with van der Waals surface area (Å²) in [4.78, 5) is 30.5. The Kier molecular flexibility index (Phi) is 8.15. The fourth-order valence-corrected chi connectivity index (χ4v) is 7.94. The first-order chi connectivity index (χ1) is 18.2. The molecule has 2 aromatic rings. The molecule has 0 spiro atoms. The second-order valence-electron chi connectivity index (χ2n) is 11.2. The number of hydrogen-bond acceptors (Lipinski definition) is 6. The molecule has 5 rings (SSSR count). The molecule has 0 radical (unpaired) electrons. The number of piperidine rings is 1. The van der Waals surface area contributed by atoms with E-state index in [9.17, 15) is 9.59 Å². The van der Waals surface area contributed by atoms with Gasteiger partial charge < -0.3 is 19.3 Å². The summed E-state index contributed by atoms with van der Waals surface area (Å²) in [5.41, 5.74) is 0.473. The second-order valence-corrected chi connectivity index (χ2v) is 13.0. The number of benzene rings is 1. The highest BCUT2D eigenvalue weighted by molar-refractivity contribution is 9.10. The maximum absolute atomic E-state index is 13.3. The summed E-state index contributed by atoms with van der Waals surface area (Å²) >= 11 is 5.09. The van der Waals surface area contributed by atoms with Gasteiger partial charge in [-0.1, -0.05) is 12.1 Å². The number of thiophene rings is 1. The molecule has 3 atom stereocenters. The molecule has 1 aliphatic heterocycles. The minimum atomic E-state index is -0.367. The van der Waals surface area contributed by atoms with E-state index in [2.05, 4.69) is 26.9 Å². The van der Waals surface area contributed by atoms with E-state index in [1.54, 1.807) is 17.4 Å². The molecule has 0 N–H and O–H groups in total. The first kappa shape index (κ1) is 27.6. The molecule has 1 amide bonds. The summed E-state index contributed by atoms with van der Waals surface area (Å²) in [7, 11) is 3.77. The number of methoxy groups -OCH3 is 1. The molecule has 1 saturated heterocycles. The number of hydrogen-bond donors (Lipinski definition) is 0. The number of nitrogens with zero attached hydrogens (tertiary/aromatic N) is 2. The van der Waals surface area contributed by atoms with Crippen LogP contribution in [0.25, 0.3) is 6.08 Å². The molecule has 1 aromatic heterocycles. The molecule has 3 fully saturated rings. The van der Waals surface area contributed by atoms with Crippen molar-refractivity contribution in [3.63, 3.8) is 0 Å². The first-order valence-corrected chi connectivity index (χ1v) is 15.2. The number of rotatable bonds is 8. The maximum Gasteiger partial charge on any atom is 0.308 e. The molecule has 2 heterocycles. The van der Waals surface area contributed by atoms with Crippen LogP contribution in [-0.2, 0) is 19.7 Å². The van der Waals surface area contributed by atoms with Crippen LogP contribution in [0, 0.1) is 5.92 Å². The average molecular weight is 602 g/mol. The van der Waals surface area contributed by atoms with E-state index < -0.39 is 0 Å². The summed E-state index contributed by atoms with van der Waals surface area (Å²) < 4.78 is 13.0. The Hall–Kier alpha value is -2.00. The zero-order valence-corrected chi connectivity index (χ0v) is 24.9. The minimum Gasteiger partial charge on any atom is -0.427 e. The van der Waals surface area contributed by atoms with Crippen LogP contribution in [0.5, 0.6) is 5.75 Å². The van der Waals surface area contributed by atoms with E-state index in [1.165, 1.54) is 19.8 Å². The molecule has 0 bridgehead atoms. The lowest BCUT2D eigenvalue weighted by atomic mass is 9.55. The van der Waals surface area contributed by atoms with Gasteiger partial charge in [-0.3, -0.25) is 9.59 Å². The third-order valence-electron chi connectivity index (χ3n) is 8.80. The largest absolute Gasteiger partial charge is 0.427 e. The molecule has 3 aliphatic rings. The Morgan fingerprint density at radius 3 is 2.74 bits per heavy atom. The van der Waals surface area contributed by atoms with Crippen molar-refractivity contribution in [2.24, 2.45) is 5.92 Å². The molecule has 204 valence electrons. The number of likely N-dealkylation sites (tertiary alicyclic amines) is 1. The smallest absolute Gasteiger partial charge is 0.308 e. The standard InChI is InChI=1S/C30H37BrN2O4S/c1-21(34)37-26-6-4-5-23(15-26)29-13-14-33(18-22-7-8-22)20-30(29,36-3)12-11-25(17-29)32(2)28(35)10-9-27-16-24(31)19-38-27/h4-6,9-10,15-16,19,22,25H,7-8,11-14,17-18,20H2,1-3H3/b10-9+/t25-,29-,30-/m0/s1. The van der Waals surface area contributed by atoms with Crippen LogP contribution >= 0.6 is 27.3 Å². The molecule has 2 aliphatic carbocycles. The number of esters is 1. The predicted molar refractivity (Wildman–Crippen MR) is 154 cm³/mol. The number of halogens is 1. The van der Waals surface area contributed by atoms with Gasteiger partial charge in [-0.15, -0.1) is 11.3 Å². The Labute approximate surface area is 238 Å². The quantitative estimate of drug-likeness (QED) is 0.214. The van der Waals surface area contributed by atoms with Gasteiger partial charge in [0, 0.05) is 66.4 Å². The summed E-state index contributed by atoms with van der Waals surface area (Å²) in [6.07, 6.45) is 9.74.